The summed E-state index contributed by atoms with van der Waals surface area (Å²) in [4.78, 5) is 0. The minimum absolute atomic E-state index is 0.569. The third-order valence-corrected chi connectivity index (χ3v) is 5.31. The first-order chi connectivity index (χ1) is 8.57. The average Bonchev–Trinajstić information content (AvgIpc) is 2.55. The van der Waals surface area contributed by atoms with Crippen LogP contribution < -0.4 is 5.32 Å². The predicted octanol–water partition coefficient (Wildman–Crippen LogP) is 4.90. The van der Waals surface area contributed by atoms with Gasteiger partial charge in [0.2, 0.25) is 0 Å². The Morgan fingerprint density at radius 3 is 2.22 bits per heavy atom. The maximum Gasteiger partial charge on any atom is 0.00747 e. The maximum absolute atomic E-state index is 3.97. The molecule has 0 bridgehead atoms. The smallest absolute Gasteiger partial charge is 0.00747 e. The van der Waals surface area contributed by atoms with Gasteiger partial charge in [-0.3, -0.25) is 0 Å². The van der Waals surface area contributed by atoms with E-state index in [1.807, 2.05) is 0 Å². The fourth-order valence-corrected chi connectivity index (χ4v) is 4.16. The molecular formula is C17H33N. The van der Waals surface area contributed by atoms with E-state index >= 15 is 0 Å². The van der Waals surface area contributed by atoms with Crippen LogP contribution in [0.3, 0.4) is 0 Å². The number of hydrogen-bond acceptors (Lipinski definition) is 1. The molecule has 2 aliphatic carbocycles. The van der Waals surface area contributed by atoms with Crippen molar-refractivity contribution in [1.82, 2.24) is 5.32 Å². The van der Waals surface area contributed by atoms with Gasteiger partial charge in [-0.2, -0.15) is 0 Å². The van der Waals surface area contributed by atoms with Crippen molar-refractivity contribution < 1.29 is 0 Å². The SMILES string of the molecule is C[C@H](NC1CCCC(C)(C)C1)C1CCCCCC1. The van der Waals surface area contributed by atoms with Crippen LogP contribution in [0.1, 0.15) is 85.0 Å². The van der Waals surface area contributed by atoms with Crippen LogP contribution in [0.15, 0.2) is 0 Å². The highest BCUT2D eigenvalue weighted by Crippen LogP contribution is 2.36. The Morgan fingerprint density at radius 1 is 0.944 bits per heavy atom. The topological polar surface area (TPSA) is 12.0 Å². The van der Waals surface area contributed by atoms with Gasteiger partial charge in [-0.25, -0.2) is 0 Å². The molecule has 0 saturated heterocycles. The monoisotopic (exact) mass is 251 g/mol. The van der Waals surface area contributed by atoms with E-state index < -0.39 is 0 Å². The lowest BCUT2D eigenvalue weighted by atomic mass is 9.75. The number of hydrogen-bond donors (Lipinski definition) is 1. The lowest BCUT2D eigenvalue weighted by molar-refractivity contribution is 0.177. The Hall–Kier alpha value is -0.0400. The summed E-state index contributed by atoms with van der Waals surface area (Å²) in [5.74, 6) is 0.942. The second-order valence-electron chi connectivity index (χ2n) is 7.66. The number of nitrogens with one attached hydrogen (secondary N) is 1. The third-order valence-electron chi connectivity index (χ3n) is 5.31. The van der Waals surface area contributed by atoms with Crippen LogP contribution >= 0.6 is 0 Å². The molecule has 0 aromatic carbocycles. The van der Waals surface area contributed by atoms with Gasteiger partial charge in [-0.05, 0) is 50.4 Å². The first-order valence-corrected chi connectivity index (χ1v) is 8.33. The van der Waals surface area contributed by atoms with E-state index in [4.69, 9.17) is 0 Å². The van der Waals surface area contributed by atoms with Gasteiger partial charge in [0, 0.05) is 12.1 Å². The Bertz CT molecular complexity index is 238. The predicted molar refractivity (Wildman–Crippen MR) is 79.8 cm³/mol. The highest BCUT2D eigenvalue weighted by atomic mass is 15.0. The van der Waals surface area contributed by atoms with Crippen LogP contribution in [-0.4, -0.2) is 12.1 Å². The molecule has 0 aromatic rings. The molecule has 1 N–H and O–H groups in total. The molecule has 18 heavy (non-hydrogen) atoms. The Balaban J connectivity index is 1.80. The van der Waals surface area contributed by atoms with Crippen LogP contribution in [0.5, 0.6) is 0 Å². The zero-order chi connectivity index (χ0) is 13.0. The summed E-state index contributed by atoms with van der Waals surface area (Å²) >= 11 is 0. The van der Waals surface area contributed by atoms with Crippen LogP contribution in [0, 0.1) is 11.3 Å². The lowest BCUT2D eigenvalue weighted by Gasteiger charge is -2.38. The summed E-state index contributed by atoms with van der Waals surface area (Å²) in [5, 5.41) is 3.97. The Labute approximate surface area is 114 Å². The zero-order valence-electron chi connectivity index (χ0n) is 12.8. The van der Waals surface area contributed by atoms with E-state index in [0.717, 1.165) is 18.0 Å². The average molecular weight is 251 g/mol. The fraction of sp³-hybridized carbons (Fsp3) is 1.00. The van der Waals surface area contributed by atoms with Gasteiger partial charge in [0.15, 0.2) is 0 Å². The quantitative estimate of drug-likeness (QED) is 0.703. The summed E-state index contributed by atoms with van der Waals surface area (Å²) in [6.45, 7) is 7.33. The van der Waals surface area contributed by atoms with Gasteiger partial charge >= 0.3 is 0 Å². The normalized spacial score (nSPS) is 31.8. The molecule has 2 saturated carbocycles. The van der Waals surface area contributed by atoms with Crippen molar-refractivity contribution >= 4 is 0 Å². The summed E-state index contributed by atoms with van der Waals surface area (Å²) in [6, 6.07) is 1.52. The van der Waals surface area contributed by atoms with E-state index in [1.165, 1.54) is 64.2 Å². The molecule has 2 fully saturated rings. The molecular weight excluding hydrogens is 218 g/mol. The summed E-state index contributed by atoms with van der Waals surface area (Å²) in [6.07, 6.45) is 14.4. The van der Waals surface area contributed by atoms with Gasteiger partial charge in [-0.15, -0.1) is 0 Å². The van der Waals surface area contributed by atoms with Crippen molar-refractivity contribution in [2.24, 2.45) is 11.3 Å². The molecule has 1 unspecified atom stereocenters. The number of rotatable bonds is 3. The molecule has 0 aliphatic heterocycles. The van der Waals surface area contributed by atoms with E-state index in [9.17, 15) is 0 Å². The molecule has 0 radical (unpaired) electrons. The van der Waals surface area contributed by atoms with Gasteiger partial charge < -0.3 is 5.32 Å². The second-order valence-corrected chi connectivity index (χ2v) is 7.66. The van der Waals surface area contributed by atoms with Gasteiger partial charge in [0.1, 0.15) is 0 Å². The molecule has 0 aromatic heterocycles. The molecule has 0 heterocycles. The van der Waals surface area contributed by atoms with Crippen molar-refractivity contribution in [3.8, 4) is 0 Å². The summed E-state index contributed by atoms with van der Waals surface area (Å²) < 4.78 is 0. The van der Waals surface area contributed by atoms with Crippen LogP contribution in [0.2, 0.25) is 0 Å². The van der Waals surface area contributed by atoms with Crippen molar-refractivity contribution in [2.45, 2.75) is 97.1 Å². The lowest BCUT2D eigenvalue weighted by Crippen LogP contribution is -2.44. The molecule has 2 rings (SSSR count). The zero-order valence-corrected chi connectivity index (χ0v) is 12.8. The van der Waals surface area contributed by atoms with Gasteiger partial charge in [-0.1, -0.05) is 46.0 Å². The third kappa shape index (κ3) is 4.26. The van der Waals surface area contributed by atoms with Crippen molar-refractivity contribution in [3.05, 3.63) is 0 Å². The standard InChI is InChI=1S/C17H33N/c1-14(15-9-6-4-5-7-10-15)18-16-11-8-12-17(2,3)13-16/h14-16,18H,4-13H2,1-3H3/t14-,16?/m0/s1. The first kappa shape index (κ1) is 14.4. The van der Waals surface area contributed by atoms with Gasteiger partial charge in [0.05, 0.1) is 0 Å². The van der Waals surface area contributed by atoms with Crippen LogP contribution in [0.4, 0.5) is 0 Å². The fourth-order valence-electron chi connectivity index (χ4n) is 4.16. The molecule has 0 spiro atoms. The van der Waals surface area contributed by atoms with Crippen molar-refractivity contribution in [2.75, 3.05) is 0 Å². The highest BCUT2D eigenvalue weighted by molar-refractivity contribution is 4.86. The molecule has 1 heteroatoms. The van der Waals surface area contributed by atoms with E-state index in [0.29, 0.717) is 5.41 Å². The molecule has 0 amide bonds. The highest BCUT2D eigenvalue weighted by Gasteiger charge is 2.29. The minimum Gasteiger partial charge on any atom is -0.311 e. The van der Waals surface area contributed by atoms with Crippen LogP contribution in [0.25, 0.3) is 0 Å². The molecule has 2 aliphatic rings. The van der Waals surface area contributed by atoms with Crippen molar-refractivity contribution in [3.63, 3.8) is 0 Å². The second kappa shape index (κ2) is 6.41. The largest absolute Gasteiger partial charge is 0.311 e. The minimum atomic E-state index is 0.569. The van der Waals surface area contributed by atoms with E-state index in [-0.39, 0.29) is 0 Å². The summed E-state index contributed by atoms with van der Waals surface area (Å²) in [7, 11) is 0. The molecule has 106 valence electrons. The van der Waals surface area contributed by atoms with E-state index in [2.05, 4.69) is 26.1 Å². The Morgan fingerprint density at radius 2 is 1.61 bits per heavy atom. The Kier molecular flexibility index (Phi) is 5.12. The summed E-state index contributed by atoms with van der Waals surface area (Å²) in [5.41, 5.74) is 0.569. The van der Waals surface area contributed by atoms with E-state index in [1.54, 1.807) is 0 Å². The van der Waals surface area contributed by atoms with Crippen LogP contribution in [-0.2, 0) is 0 Å². The first-order valence-electron chi connectivity index (χ1n) is 8.33. The van der Waals surface area contributed by atoms with Gasteiger partial charge in [0.25, 0.3) is 0 Å². The molecule has 1 nitrogen and oxygen atoms in total. The van der Waals surface area contributed by atoms with Crippen molar-refractivity contribution in [1.29, 1.82) is 0 Å². The maximum atomic E-state index is 3.97. The molecule has 2 atom stereocenters.